The molecule has 0 N–H and O–H groups in total. The Balaban J connectivity index is 1.83. The van der Waals surface area contributed by atoms with E-state index in [0.29, 0.717) is 28.3 Å². The molecule has 0 saturated carbocycles. The van der Waals surface area contributed by atoms with Gasteiger partial charge in [-0.15, -0.1) is 0 Å². The van der Waals surface area contributed by atoms with E-state index < -0.39 is 34.7 Å². The maximum atomic E-state index is 13.0. The number of nitrogens with zero attached hydrogens (tertiary/aromatic N) is 2. The first kappa shape index (κ1) is 19.9. The SMILES string of the molecule is CC(=O)N1C(=O)/C(=C2\SC(=O)N(c3cccc(C(F)(F)F)c3)C2=O)c2ccccc21. The summed E-state index contributed by atoms with van der Waals surface area (Å²) in [6, 6.07) is 10.1. The highest BCUT2D eigenvalue weighted by atomic mass is 32.2. The van der Waals surface area contributed by atoms with Crippen molar-refractivity contribution in [2.24, 2.45) is 0 Å². The highest BCUT2D eigenvalue weighted by Crippen LogP contribution is 2.45. The lowest BCUT2D eigenvalue weighted by atomic mass is 10.1. The Morgan fingerprint density at radius 2 is 1.67 bits per heavy atom. The second-order valence-corrected chi connectivity index (χ2v) is 7.40. The van der Waals surface area contributed by atoms with Crippen molar-refractivity contribution in [1.29, 1.82) is 0 Å². The number of rotatable bonds is 1. The lowest BCUT2D eigenvalue weighted by Gasteiger charge is -2.15. The molecule has 2 aromatic rings. The summed E-state index contributed by atoms with van der Waals surface area (Å²) in [6.07, 6.45) is -4.65. The first-order valence-electron chi connectivity index (χ1n) is 8.53. The molecule has 0 aromatic heterocycles. The lowest BCUT2D eigenvalue weighted by molar-refractivity contribution is -0.137. The predicted molar refractivity (Wildman–Crippen MR) is 103 cm³/mol. The summed E-state index contributed by atoms with van der Waals surface area (Å²) in [5, 5.41) is -0.839. The van der Waals surface area contributed by atoms with Gasteiger partial charge in [-0.05, 0) is 36.0 Å². The van der Waals surface area contributed by atoms with Crippen LogP contribution >= 0.6 is 11.8 Å². The number of amides is 4. The van der Waals surface area contributed by atoms with Crippen LogP contribution in [0.2, 0.25) is 0 Å². The number of thioether (sulfide) groups is 1. The molecule has 0 spiro atoms. The minimum Gasteiger partial charge on any atom is -0.274 e. The average molecular weight is 432 g/mol. The molecular weight excluding hydrogens is 421 g/mol. The first-order valence-corrected chi connectivity index (χ1v) is 9.35. The Labute approximate surface area is 171 Å². The van der Waals surface area contributed by atoms with Gasteiger partial charge in [-0.2, -0.15) is 13.2 Å². The van der Waals surface area contributed by atoms with Crippen LogP contribution in [-0.4, -0.2) is 23.0 Å². The highest BCUT2D eigenvalue weighted by molar-refractivity contribution is 8.19. The van der Waals surface area contributed by atoms with Crippen LogP contribution < -0.4 is 9.80 Å². The van der Waals surface area contributed by atoms with Gasteiger partial charge in [-0.1, -0.05) is 24.3 Å². The van der Waals surface area contributed by atoms with Crippen molar-refractivity contribution in [3.05, 3.63) is 64.6 Å². The fourth-order valence-corrected chi connectivity index (χ4v) is 4.24. The highest BCUT2D eigenvalue weighted by Gasteiger charge is 2.45. The number of halogens is 3. The van der Waals surface area contributed by atoms with Crippen LogP contribution in [0.25, 0.3) is 5.57 Å². The van der Waals surface area contributed by atoms with Crippen LogP contribution in [0.4, 0.5) is 29.3 Å². The van der Waals surface area contributed by atoms with Crippen molar-refractivity contribution in [3.8, 4) is 0 Å². The van der Waals surface area contributed by atoms with Crippen molar-refractivity contribution < 1.29 is 32.3 Å². The molecule has 1 saturated heterocycles. The van der Waals surface area contributed by atoms with E-state index >= 15 is 0 Å². The molecule has 2 aliphatic heterocycles. The zero-order chi connectivity index (χ0) is 21.8. The minimum atomic E-state index is -4.65. The molecule has 10 heteroatoms. The van der Waals surface area contributed by atoms with E-state index in [1.807, 2.05) is 0 Å². The Morgan fingerprint density at radius 1 is 0.967 bits per heavy atom. The number of imide groups is 2. The molecule has 4 rings (SSSR count). The van der Waals surface area contributed by atoms with Gasteiger partial charge < -0.3 is 0 Å². The minimum absolute atomic E-state index is 0.126. The Bertz CT molecular complexity index is 1170. The molecular formula is C20H11F3N2O4S. The number of hydrogen-bond acceptors (Lipinski definition) is 5. The van der Waals surface area contributed by atoms with Crippen molar-refractivity contribution in [2.45, 2.75) is 13.1 Å². The second-order valence-electron chi connectivity index (χ2n) is 6.44. The molecule has 30 heavy (non-hydrogen) atoms. The molecule has 0 aliphatic carbocycles. The van der Waals surface area contributed by atoms with Gasteiger partial charge in [0.05, 0.1) is 27.4 Å². The van der Waals surface area contributed by atoms with Gasteiger partial charge in [0.1, 0.15) is 0 Å². The zero-order valence-corrected chi connectivity index (χ0v) is 16.0. The third kappa shape index (κ3) is 3.00. The van der Waals surface area contributed by atoms with Crippen molar-refractivity contribution >= 4 is 51.7 Å². The van der Waals surface area contributed by atoms with Crippen LogP contribution in [0.15, 0.2) is 53.4 Å². The summed E-state index contributed by atoms with van der Waals surface area (Å²) in [7, 11) is 0. The molecule has 0 atom stereocenters. The standard InChI is InChI=1S/C20H11F3N2O4S/c1-10(26)24-14-8-3-2-7-13(14)15(17(24)27)16-18(28)25(19(29)30-16)12-6-4-5-11(9-12)20(21,22)23/h2-9H,1H3/b16-15-. The zero-order valence-electron chi connectivity index (χ0n) is 15.2. The number of fused-ring (bicyclic) bond motifs is 1. The molecule has 0 bridgehead atoms. The summed E-state index contributed by atoms with van der Waals surface area (Å²) in [5.41, 5.74) is -0.830. The van der Waals surface area contributed by atoms with E-state index in [-0.39, 0.29) is 21.9 Å². The van der Waals surface area contributed by atoms with Crippen LogP contribution in [0.5, 0.6) is 0 Å². The van der Waals surface area contributed by atoms with E-state index in [1.54, 1.807) is 12.1 Å². The van der Waals surface area contributed by atoms with Crippen molar-refractivity contribution in [3.63, 3.8) is 0 Å². The quantitative estimate of drug-likeness (QED) is 0.631. The van der Waals surface area contributed by atoms with Crippen molar-refractivity contribution in [2.75, 3.05) is 9.80 Å². The normalized spacial score (nSPS) is 19.0. The third-order valence-corrected chi connectivity index (χ3v) is 5.51. The number of para-hydroxylation sites is 1. The topological polar surface area (TPSA) is 74.8 Å². The van der Waals surface area contributed by atoms with E-state index in [9.17, 15) is 32.3 Å². The number of carbonyl (C=O) groups is 4. The van der Waals surface area contributed by atoms with Gasteiger partial charge in [0.15, 0.2) is 0 Å². The molecule has 2 aromatic carbocycles. The summed E-state index contributed by atoms with van der Waals surface area (Å²) in [6.45, 7) is 1.19. The number of alkyl halides is 3. The Kier molecular flexibility index (Phi) is 4.53. The summed E-state index contributed by atoms with van der Waals surface area (Å²) in [4.78, 5) is 51.6. The molecule has 0 radical (unpaired) electrons. The van der Waals surface area contributed by atoms with E-state index in [0.717, 1.165) is 17.0 Å². The number of benzene rings is 2. The first-order chi connectivity index (χ1) is 14.1. The average Bonchev–Trinajstić information content (AvgIpc) is 3.13. The van der Waals surface area contributed by atoms with Crippen LogP contribution in [0.1, 0.15) is 18.1 Å². The monoisotopic (exact) mass is 432 g/mol. The maximum absolute atomic E-state index is 13.0. The third-order valence-electron chi connectivity index (χ3n) is 4.57. The molecule has 4 amide bonds. The molecule has 152 valence electrons. The van der Waals surface area contributed by atoms with Gasteiger partial charge in [-0.25, -0.2) is 9.80 Å². The molecule has 6 nitrogen and oxygen atoms in total. The largest absolute Gasteiger partial charge is 0.416 e. The Morgan fingerprint density at radius 3 is 2.33 bits per heavy atom. The number of hydrogen-bond donors (Lipinski definition) is 0. The Hall–Kier alpha value is -3.40. The second kappa shape index (κ2) is 6.84. The summed E-state index contributed by atoms with van der Waals surface area (Å²) < 4.78 is 39.1. The molecule has 0 unspecified atom stereocenters. The lowest BCUT2D eigenvalue weighted by Crippen LogP contribution is -2.32. The van der Waals surface area contributed by atoms with Gasteiger partial charge in [0.25, 0.3) is 17.1 Å². The van der Waals surface area contributed by atoms with E-state index in [2.05, 4.69) is 0 Å². The van der Waals surface area contributed by atoms with Crippen LogP contribution in [0, 0.1) is 0 Å². The summed E-state index contributed by atoms with van der Waals surface area (Å²) >= 11 is 0.445. The molecule has 1 fully saturated rings. The smallest absolute Gasteiger partial charge is 0.274 e. The maximum Gasteiger partial charge on any atom is 0.416 e. The number of anilines is 2. The van der Waals surface area contributed by atoms with Gasteiger partial charge in [-0.3, -0.25) is 19.2 Å². The van der Waals surface area contributed by atoms with E-state index in [1.165, 1.54) is 25.1 Å². The predicted octanol–water partition coefficient (Wildman–Crippen LogP) is 4.21. The molecule has 2 aliphatic rings. The van der Waals surface area contributed by atoms with Crippen LogP contribution in [-0.2, 0) is 20.6 Å². The number of carbonyl (C=O) groups excluding carboxylic acids is 4. The fraction of sp³-hybridized carbons (Fsp3) is 0.100. The summed E-state index contributed by atoms with van der Waals surface area (Å²) in [5.74, 6) is -2.26. The van der Waals surface area contributed by atoms with E-state index in [4.69, 9.17) is 0 Å². The van der Waals surface area contributed by atoms with Gasteiger partial charge >= 0.3 is 6.18 Å². The van der Waals surface area contributed by atoms with Crippen LogP contribution in [0.3, 0.4) is 0 Å². The fourth-order valence-electron chi connectivity index (χ4n) is 3.31. The molecule has 2 heterocycles. The van der Waals surface area contributed by atoms with Gasteiger partial charge in [0.2, 0.25) is 5.91 Å². The van der Waals surface area contributed by atoms with Crippen molar-refractivity contribution in [1.82, 2.24) is 0 Å². The van der Waals surface area contributed by atoms with Gasteiger partial charge in [0, 0.05) is 12.5 Å².